The van der Waals surface area contributed by atoms with Gasteiger partial charge in [0.2, 0.25) is 0 Å². The van der Waals surface area contributed by atoms with Gasteiger partial charge < -0.3 is 15.0 Å². The Labute approximate surface area is 176 Å². The maximum atomic E-state index is 12.6. The second-order valence-electron chi connectivity index (χ2n) is 7.43. The van der Waals surface area contributed by atoms with E-state index in [1.54, 1.807) is 11.0 Å². The van der Waals surface area contributed by atoms with Crippen LogP contribution in [-0.2, 0) is 17.8 Å². The molecule has 5 nitrogen and oxygen atoms in total. The molecule has 1 heterocycles. The van der Waals surface area contributed by atoms with Gasteiger partial charge in [0, 0.05) is 12.1 Å². The van der Waals surface area contributed by atoms with Crippen molar-refractivity contribution < 1.29 is 14.3 Å². The van der Waals surface area contributed by atoms with Gasteiger partial charge in [-0.25, -0.2) is 0 Å². The molecule has 5 heteroatoms. The average molecular weight is 400 g/mol. The van der Waals surface area contributed by atoms with Crippen molar-refractivity contribution in [2.45, 2.75) is 19.9 Å². The van der Waals surface area contributed by atoms with Gasteiger partial charge in [0.25, 0.3) is 11.8 Å². The van der Waals surface area contributed by atoms with Crippen molar-refractivity contribution in [2.24, 2.45) is 0 Å². The molecule has 1 aliphatic rings. The number of carbonyl (C=O) groups is 2. The molecule has 1 N–H and O–H groups in total. The number of hydrogen-bond donors (Lipinski definition) is 1. The normalized spacial score (nSPS) is 12.8. The Kier molecular flexibility index (Phi) is 5.80. The van der Waals surface area contributed by atoms with Crippen LogP contribution in [0.25, 0.3) is 0 Å². The molecule has 0 aliphatic carbocycles. The molecule has 30 heavy (non-hydrogen) atoms. The van der Waals surface area contributed by atoms with Crippen LogP contribution >= 0.6 is 0 Å². The van der Waals surface area contributed by atoms with Gasteiger partial charge in [-0.15, -0.1) is 0 Å². The van der Waals surface area contributed by atoms with E-state index in [1.807, 2.05) is 73.7 Å². The van der Waals surface area contributed by atoms with Crippen LogP contribution in [0.3, 0.4) is 0 Å². The number of rotatable bonds is 6. The molecule has 1 aliphatic heterocycles. The van der Waals surface area contributed by atoms with Crippen molar-refractivity contribution in [2.75, 3.05) is 18.1 Å². The van der Waals surface area contributed by atoms with E-state index in [0.29, 0.717) is 24.4 Å². The summed E-state index contributed by atoms with van der Waals surface area (Å²) < 4.78 is 5.55. The van der Waals surface area contributed by atoms with E-state index in [1.165, 1.54) is 5.56 Å². The number of nitrogens with one attached hydrogen (secondary N) is 1. The van der Waals surface area contributed by atoms with Crippen molar-refractivity contribution in [1.29, 1.82) is 0 Å². The van der Waals surface area contributed by atoms with Crippen molar-refractivity contribution in [3.63, 3.8) is 0 Å². The number of benzene rings is 3. The van der Waals surface area contributed by atoms with Gasteiger partial charge in [-0.05, 0) is 54.3 Å². The first-order valence-corrected chi connectivity index (χ1v) is 10.0. The summed E-state index contributed by atoms with van der Waals surface area (Å²) in [5.74, 6) is 0.498. The number of ether oxygens (including phenoxy) is 1. The average Bonchev–Trinajstić information content (AvgIpc) is 2.77. The zero-order chi connectivity index (χ0) is 20.9. The fourth-order valence-corrected chi connectivity index (χ4v) is 3.55. The highest BCUT2D eigenvalue weighted by molar-refractivity contribution is 5.98. The van der Waals surface area contributed by atoms with Crippen LogP contribution in [0, 0.1) is 6.92 Å². The number of hydrogen-bond acceptors (Lipinski definition) is 3. The van der Waals surface area contributed by atoms with Crippen LogP contribution in [0.1, 0.15) is 27.0 Å². The quantitative estimate of drug-likeness (QED) is 0.683. The molecule has 0 radical (unpaired) electrons. The SMILES string of the molecule is Cc1ccc2c(c1)N(Cc1cccc(C(=O)NCCc3ccccc3)c1)C(=O)CO2. The molecule has 152 valence electrons. The molecular formula is C25H24N2O3. The third kappa shape index (κ3) is 4.51. The predicted octanol–water partition coefficient (Wildman–Crippen LogP) is 3.89. The highest BCUT2D eigenvalue weighted by Crippen LogP contribution is 2.33. The van der Waals surface area contributed by atoms with E-state index in [4.69, 9.17) is 4.74 Å². The second-order valence-corrected chi connectivity index (χ2v) is 7.43. The number of aryl methyl sites for hydroxylation is 1. The minimum atomic E-state index is -0.114. The summed E-state index contributed by atoms with van der Waals surface area (Å²) in [5, 5.41) is 2.97. The molecule has 0 spiro atoms. The molecule has 0 bridgehead atoms. The Balaban J connectivity index is 1.44. The number of nitrogens with zero attached hydrogens (tertiary/aromatic N) is 1. The Bertz CT molecular complexity index is 1060. The van der Waals surface area contributed by atoms with Gasteiger partial charge in [-0.2, -0.15) is 0 Å². The molecule has 0 saturated heterocycles. The molecule has 0 unspecified atom stereocenters. The lowest BCUT2D eigenvalue weighted by Gasteiger charge is -2.29. The van der Waals surface area contributed by atoms with E-state index in [9.17, 15) is 9.59 Å². The second kappa shape index (κ2) is 8.82. The summed E-state index contributed by atoms with van der Waals surface area (Å²) in [5.41, 5.74) is 4.50. The maximum absolute atomic E-state index is 12.6. The smallest absolute Gasteiger partial charge is 0.265 e. The Morgan fingerprint density at radius 2 is 1.80 bits per heavy atom. The summed E-state index contributed by atoms with van der Waals surface area (Å²) in [4.78, 5) is 26.8. The van der Waals surface area contributed by atoms with E-state index < -0.39 is 0 Å². The Hall–Kier alpha value is -3.60. The van der Waals surface area contributed by atoms with E-state index >= 15 is 0 Å². The number of anilines is 1. The zero-order valence-corrected chi connectivity index (χ0v) is 16.9. The highest BCUT2D eigenvalue weighted by atomic mass is 16.5. The molecule has 3 aromatic carbocycles. The third-order valence-corrected chi connectivity index (χ3v) is 5.13. The molecule has 3 aromatic rings. The molecule has 0 aromatic heterocycles. The van der Waals surface area contributed by atoms with Crippen LogP contribution < -0.4 is 15.0 Å². The van der Waals surface area contributed by atoms with E-state index in [0.717, 1.165) is 23.2 Å². The largest absolute Gasteiger partial charge is 0.482 e. The minimum Gasteiger partial charge on any atom is -0.482 e. The number of fused-ring (bicyclic) bond motifs is 1. The summed E-state index contributed by atoms with van der Waals surface area (Å²) in [6.45, 7) is 2.97. The molecule has 0 saturated carbocycles. The van der Waals surface area contributed by atoms with Gasteiger partial charge in [-0.1, -0.05) is 48.5 Å². The van der Waals surface area contributed by atoms with E-state index in [-0.39, 0.29) is 18.4 Å². The van der Waals surface area contributed by atoms with Crippen LogP contribution in [0.15, 0.2) is 72.8 Å². The lowest BCUT2D eigenvalue weighted by Crippen LogP contribution is -2.38. The van der Waals surface area contributed by atoms with E-state index in [2.05, 4.69) is 5.32 Å². The first-order valence-electron chi connectivity index (χ1n) is 10.0. The van der Waals surface area contributed by atoms with Crippen molar-refractivity contribution in [3.8, 4) is 5.75 Å². The standard InChI is InChI=1S/C25H24N2O3/c1-18-10-11-23-22(14-18)27(24(28)17-30-23)16-20-8-5-9-21(15-20)25(29)26-13-12-19-6-3-2-4-7-19/h2-11,14-15H,12-13,16-17H2,1H3,(H,26,29). The van der Waals surface area contributed by atoms with Crippen LogP contribution in [0.5, 0.6) is 5.75 Å². The predicted molar refractivity (Wildman–Crippen MR) is 117 cm³/mol. The number of amides is 2. The van der Waals surface area contributed by atoms with Gasteiger partial charge in [0.15, 0.2) is 6.61 Å². The molecule has 4 rings (SSSR count). The molecule has 2 amide bonds. The molecule has 0 atom stereocenters. The van der Waals surface area contributed by atoms with Crippen LogP contribution in [-0.4, -0.2) is 25.0 Å². The van der Waals surface area contributed by atoms with Gasteiger partial charge in [0.1, 0.15) is 5.75 Å². The fraction of sp³-hybridized carbons (Fsp3) is 0.200. The van der Waals surface area contributed by atoms with Crippen molar-refractivity contribution in [1.82, 2.24) is 5.32 Å². The van der Waals surface area contributed by atoms with Gasteiger partial charge >= 0.3 is 0 Å². The maximum Gasteiger partial charge on any atom is 0.265 e. The lowest BCUT2D eigenvalue weighted by atomic mass is 10.1. The highest BCUT2D eigenvalue weighted by Gasteiger charge is 2.25. The van der Waals surface area contributed by atoms with Gasteiger partial charge in [0.05, 0.1) is 12.2 Å². The molecule has 0 fully saturated rings. The van der Waals surface area contributed by atoms with Crippen molar-refractivity contribution in [3.05, 3.63) is 95.1 Å². The first kappa shape index (κ1) is 19.7. The summed E-state index contributed by atoms with van der Waals surface area (Å²) in [6.07, 6.45) is 0.782. The molecular weight excluding hydrogens is 376 g/mol. The lowest BCUT2D eigenvalue weighted by molar-refractivity contribution is -0.121. The van der Waals surface area contributed by atoms with Crippen LogP contribution in [0.2, 0.25) is 0 Å². The first-order chi connectivity index (χ1) is 14.6. The fourth-order valence-electron chi connectivity index (χ4n) is 3.55. The summed E-state index contributed by atoms with van der Waals surface area (Å²) in [7, 11) is 0. The monoisotopic (exact) mass is 400 g/mol. The summed E-state index contributed by atoms with van der Waals surface area (Å²) in [6, 6.07) is 23.3. The van der Waals surface area contributed by atoms with Crippen molar-refractivity contribution >= 4 is 17.5 Å². The Morgan fingerprint density at radius 3 is 2.63 bits per heavy atom. The summed E-state index contributed by atoms with van der Waals surface area (Å²) >= 11 is 0. The zero-order valence-electron chi connectivity index (χ0n) is 16.9. The van der Waals surface area contributed by atoms with Gasteiger partial charge in [-0.3, -0.25) is 9.59 Å². The Morgan fingerprint density at radius 1 is 1.00 bits per heavy atom. The minimum absolute atomic E-state index is 0.0235. The third-order valence-electron chi connectivity index (χ3n) is 5.13. The van der Waals surface area contributed by atoms with Crippen LogP contribution in [0.4, 0.5) is 5.69 Å². The number of carbonyl (C=O) groups excluding carboxylic acids is 2. The topological polar surface area (TPSA) is 58.6 Å².